The number of amides is 2. The van der Waals surface area contributed by atoms with E-state index in [2.05, 4.69) is 0 Å². The molecule has 0 unspecified atom stereocenters. The zero-order chi connectivity index (χ0) is 13.4. The highest BCUT2D eigenvalue weighted by Gasteiger charge is 2.23. The predicted molar refractivity (Wildman–Crippen MR) is 66.2 cm³/mol. The van der Waals surface area contributed by atoms with Crippen LogP contribution in [0.2, 0.25) is 0 Å². The molecule has 0 aromatic heterocycles. The molecule has 0 aromatic carbocycles. The van der Waals surface area contributed by atoms with Crippen LogP contribution in [0.4, 0.5) is 9.59 Å². The number of hydrogen-bond acceptors (Lipinski definition) is 4. The Hall–Kier alpha value is -1.46. The monoisotopic (exact) mass is 258 g/mol. The fraction of sp³-hybridized carbons (Fsp3) is 0.833. The fourth-order valence-corrected chi connectivity index (χ4v) is 1.86. The summed E-state index contributed by atoms with van der Waals surface area (Å²) < 4.78 is 9.95. The van der Waals surface area contributed by atoms with E-state index >= 15 is 0 Å². The summed E-state index contributed by atoms with van der Waals surface area (Å²) in [7, 11) is 0. The van der Waals surface area contributed by atoms with Gasteiger partial charge in [-0.1, -0.05) is 0 Å². The van der Waals surface area contributed by atoms with Crippen LogP contribution in [-0.2, 0) is 9.47 Å². The van der Waals surface area contributed by atoms with E-state index in [9.17, 15) is 9.59 Å². The Morgan fingerprint density at radius 1 is 0.889 bits per heavy atom. The summed E-state index contributed by atoms with van der Waals surface area (Å²) in [5, 5.41) is 0. The lowest BCUT2D eigenvalue weighted by molar-refractivity contribution is 0.0564. The molecule has 0 saturated carbocycles. The molecular formula is C12H22N2O4. The van der Waals surface area contributed by atoms with Crippen LogP contribution in [0, 0.1) is 0 Å². The Morgan fingerprint density at radius 2 is 1.33 bits per heavy atom. The second-order valence-electron chi connectivity index (χ2n) is 4.13. The molecule has 0 spiro atoms. The first-order valence-corrected chi connectivity index (χ1v) is 6.52. The van der Waals surface area contributed by atoms with E-state index in [4.69, 9.17) is 9.47 Å². The van der Waals surface area contributed by atoms with Gasteiger partial charge < -0.3 is 9.47 Å². The molecule has 1 aliphatic heterocycles. The van der Waals surface area contributed by atoms with Crippen LogP contribution in [0.5, 0.6) is 0 Å². The first-order chi connectivity index (χ1) is 8.69. The van der Waals surface area contributed by atoms with Gasteiger partial charge in [0.05, 0.1) is 13.2 Å². The zero-order valence-electron chi connectivity index (χ0n) is 11.2. The van der Waals surface area contributed by atoms with Crippen LogP contribution in [0.15, 0.2) is 0 Å². The molecular weight excluding hydrogens is 236 g/mol. The van der Waals surface area contributed by atoms with Gasteiger partial charge in [-0.05, 0) is 33.1 Å². The van der Waals surface area contributed by atoms with Crippen molar-refractivity contribution in [1.29, 1.82) is 0 Å². The molecule has 0 atom stereocenters. The SMILES string of the molecule is CCOC(=O)N1CCCCCN(C(=O)OCC)C1. The van der Waals surface area contributed by atoms with Crippen molar-refractivity contribution < 1.29 is 19.1 Å². The highest BCUT2D eigenvalue weighted by Crippen LogP contribution is 2.10. The van der Waals surface area contributed by atoms with E-state index in [0.717, 1.165) is 19.3 Å². The number of carbonyl (C=O) groups is 2. The Balaban J connectivity index is 2.60. The third kappa shape index (κ3) is 4.43. The molecule has 6 nitrogen and oxygen atoms in total. The third-order valence-electron chi connectivity index (χ3n) is 2.75. The van der Waals surface area contributed by atoms with Gasteiger partial charge in [-0.15, -0.1) is 0 Å². The fourth-order valence-electron chi connectivity index (χ4n) is 1.86. The number of rotatable bonds is 2. The summed E-state index contributed by atoms with van der Waals surface area (Å²) in [5.74, 6) is 0. The Kier molecular flexibility index (Phi) is 6.32. The molecule has 0 bridgehead atoms. The molecule has 0 aliphatic carbocycles. The third-order valence-corrected chi connectivity index (χ3v) is 2.75. The van der Waals surface area contributed by atoms with Crippen LogP contribution in [0.25, 0.3) is 0 Å². The molecule has 1 heterocycles. The zero-order valence-corrected chi connectivity index (χ0v) is 11.2. The lowest BCUT2D eigenvalue weighted by Crippen LogP contribution is -2.46. The van der Waals surface area contributed by atoms with Gasteiger partial charge in [-0.25, -0.2) is 9.59 Å². The molecule has 6 heteroatoms. The number of nitrogens with zero attached hydrogens (tertiary/aromatic N) is 2. The van der Waals surface area contributed by atoms with Crippen LogP contribution < -0.4 is 0 Å². The topological polar surface area (TPSA) is 59.1 Å². The first kappa shape index (κ1) is 14.6. The van der Waals surface area contributed by atoms with Gasteiger partial charge in [0.15, 0.2) is 0 Å². The maximum Gasteiger partial charge on any atom is 0.411 e. The average molecular weight is 258 g/mol. The minimum atomic E-state index is -0.367. The first-order valence-electron chi connectivity index (χ1n) is 6.52. The van der Waals surface area contributed by atoms with Crippen molar-refractivity contribution in [2.24, 2.45) is 0 Å². The predicted octanol–water partition coefficient (Wildman–Crippen LogP) is 2.04. The van der Waals surface area contributed by atoms with Gasteiger partial charge >= 0.3 is 12.2 Å². The lowest BCUT2D eigenvalue weighted by Gasteiger charge is -2.31. The van der Waals surface area contributed by atoms with Crippen molar-refractivity contribution in [3.05, 3.63) is 0 Å². The maximum absolute atomic E-state index is 11.7. The van der Waals surface area contributed by atoms with Gasteiger partial charge in [0.2, 0.25) is 0 Å². The Labute approximate surface area is 108 Å². The van der Waals surface area contributed by atoms with Crippen LogP contribution >= 0.6 is 0 Å². The Morgan fingerprint density at radius 3 is 1.72 bits per heavy atom. The molecule has 2 amide bonds. The minimum Gasteiger partial charge on any atom is -0.450 e. The summed E-state index contributed by atoms with van der Waals surface area (Å²) in [5.41, 5.74) is 0. The minimum absolute atomic E-state index is 0.248. The van der Waals surface area contributed by atoms with Gasteiger partial charge in [0.25, 0.3) is 0 Å². The van der Waals surface area contributed by atoms with Crippen LogP contribution in [0.3, 0.4) is 0 Å². The van der Waals surface area contributed by atoms with Crippen molar-refractivity contribution in [1.82, 2.24) is 9.80 Å². The largest absolute Gasteiger partial charge is 0.450 e. The van der Waals surface area contributed by atoms with Crippen molar-refractivity contribution in [2.45, 2.75) is 33.1 Å². The summed E-state index contributed by atoms with van der Waals surface area (Å²) in [6.45, 7) is 5.71. The molecule has 0 radical (unpaired) electrons. The van der Waals surface area contributed by atoms with Crippen LogP contribution in [-0.4, -0.2) is 55.0 Å². The van der Waals surface area contributed by atoms with Gasteiger partial charge in [-0.3, -0.25) is 9.80 Å². The number of carbonyl (C=O) groups excluding carboxylic acids is 2. The van der Waals surface area contributed by atoms with E-state index in [1.165, 1.54) is 0 Å². The lowest BCUT2D eigenvalue weighted by atomic mass is 10.2. The number of ether oxygens (including phenoxy) is 2. The summed E-state index contributed by atoms with van der Waals surface area (Å²) in [6.07, 6.45) is 2.14. The molecule has 18 heavy (non-hydrogen) atoms. The van der Waals surface area contributed by atoms with Crippen molar-refractivity contribution >= 4 is 12.2 Å². The number of hydrogen-bond donors (Lipinski definition) is 0. The molecule has 1 fully saturated rings. The average Bonchev–Trinajstić information content (AvgIpc) is 2.29. The summed E-state index contributed by atoms with van der Waals surface area (Å²) >= 11 is 0. The quantitative estimate of drug-likeness (QED) is 0.760. The Bertz CT molecular complexity index is 257. The van der Waals surface area contributed by atoms with Crippen molar-refractivity contribution in [3.8, 4) is 0 Å². The normalized spacial score (nSPS) is 16.8. The van der Waals surface area contributed by atoms with Crippen LogP contribution in [0.1, 0.15) is 33.1 Å². The summed E-state index contributed by atoms with van der Waals surface area (Å²) in [4.78, 5) is 26.5. The standard InChI is InChI=1S/C12H22N2O4/c1-3-17-11(15)13-8-6-5-7-9-14(10-13)12(16)18-4-2/h3-10H2,1-2H3. The second kappa shape index (κ2) is 7.79. The van der Waals surface area contributed by atoms with E-state index in [0.29, 0.717) is 26.3 Å². The molecule has 0 N–H and O–H groups in total. The van der Waals surface area contributed by atoms with Gasteiger partial charge in [0.1, 0.15) is 6.67 Å². The molecule has 1 rings (SSSR count). The highest BCUT2D eigenvalue weighted by atomic mass is 16.6. The molecule has 1 saturated heterocycles. The molecule has 0 aromatic rings. The second-order valence-corrected chi connectivity index (χ2v) is 4.13. The smallest absolute Gasteiger partial charge is 0.411 e. The summed E-state index contributed by atoms with van der Waals surface area (Å²) in [6, 6.07) is 0. The van der Waals surface area contributed by atoms with Gasteiger partial charge in [0, 0.05) is 13.1 Å². The van der Waals surface area contributed by atoms with Crippen molar-refractivity contribution in [3.63, 3.8) is 0 Å². The van der Waals surface area contributed by atoms with Crippen molar-refractivity contribution in [2.75, 3.05) is 33.0 Å². The van der Waals surface area contributed by atoms with E-state index < -0.39 is 0 Å². The van der Waals surface area contributed by atoms with E-state index in [1.807, 2.05) is 0 Å². The maximum atomic E-state index is 11.7. The van der Waals surface area contributed by atoms with Gasteiger partial charge in [-0.2, -0.15) is 0 Å². The highest BCUT2D eigenvalue weighted by molar-refractivity contribution is 5.70. The van der Waals surface area contributed by atoms with E-state index in [-0.39, 0.29) is 18.9 Å². The van der Waals surface area contributed by atoms with E-state index in [1.54, 1.807) is 23.6 Å². The molecule has 1 aliphatic rings. The molecule has 104 valence electrons.